The van der Waals surface area contributed by atoms with Crippen molar-refractivity contribution >= 4 is 0 Å². The Kier molecular flexibility index (Phi) is 4.00. The van der Waals surface area contributed by atoms with E-state index in [2.05, 4.69) is 4.98 Å². The number of nitrogens with two attached hydrogens (primary N) is 1. The van der Waals surface area contributed by atoms with Crippen LogP contribution in [0.3, 0.4) is 0 Å². The second kappa shape index (κ2) is 5.53. The van der Waals surface area contributed by atoms with Crippen LogP contribution in [0, 0.1) is 19.7 Å². The van der Waals surface area contributed by atoms with E-state index in [0.29, 0.717) is 17.7 Å². The average Bonchev–Trinajstić information content (AvgIpc) is 2.83. The predicted octanol–water partition coefficient (Wildman–Crippen LogP) is 3.10. The average molecular weight is 261 g/mol. The van der Waals surface area contributed by atoms with Gasteiger partial charge in [-0.1, -0.05) is 19.1 Å². The molecule has 0 amide bonds. The zero-order chi connectivity index (χ0) is 14.0. The largest absolute Gasteiger partial charge is 0.329 e. The molecular weight excluding hydrogens is 241 g/mol. The molecule has 2 aromatic rings. The molecule has 1 atom stereocenters. The Hall–Kier alpha value is -1.68. The number of benzene rings is 1. The van der Waals surface area contributed by atoms with Gasteiger partial charge in [0.15, 0.2) is 0 Å². The molecule has 1 aromatic carbocycles. The van der Waals surface area contributed by atoms with E-state index in [1.807, 2.05) is 23.6 Å². The first-order valence-corrected chi connectivity index (χ1v) is 6.54. The minimum absolute atomic E-state index is 0.00913. The highest BCUT2D eigenvalue weighted by molar-refractivity contribution is 5.31. The lowest BCUT2D eigenvalue weighted by molar-refractivity contribution is 0.602. The van der Waals surface area contributed by atoms with Crippen LogP contribution in [0.5, 0.6) is 0 Å². The van der Waals surface area contributed by atoms with Crippen molar-refractivity contribution in [3.8, 4) is 0 Å². The van der Waals surface area contributed by atoms with Gasteiger partial charge in [0.1, 0.15) is 5.82 Å². The van der Waals surface area contributed by atoms with Gasteiger partial charge in [0.2, 0.25) is 0 Å². The fourth-order valence-corrected chi connectivity index (χ4v) is 2.30. The van der Waals surface area contributed by atoms with Gasteiger partial charge in [-0.05, 0) is 37.0 Å². The number of nitrogens with zero attached hydrogens (tertiary/aromatic N) is 2. The number of aromatic nitrogens is 2. The topological polar surface area (TPSA) is 43.8 Å². The van der Waals surface area contributed by atoms with E-state index in [0.717, 1.165) is 17.7 Å². The van der Waals surface area contributed by atoms with Gasteiger partial charge in [-0.25, -0.2) is 9.37 Å². The SMILES string of the molecule is CC[C@@H](N)c1cncn1Cc1cc(C)c(F)c(C)c1. The zero-order valence-electron chi connectivity index (χ0n) is 11.7. The quantitative estimate of drug-likeness (QED) is 0.919. The van der Waals surface area contributed by atoms with Crippen molar-refractivity contribution in [3.05, 3.63) is 52.9 Å². The van der Waals surface area contributed by atoms with Gasteiger partial charge in [0.05, 0.1) is 12.0 Å². The lowest BCUT2D eigenvalue weighted by Gasteiger charge is -2.14. The summed E-state index contributed by atoms with van der Waals surface area (Å²) in [6.45, 7) is 6.30. The van der Waals surface area contributed by atoms with E-state index in [4.69, 9.17) is 5.73 Å². The van der Waals surface area contributed by atoms with Crippen molar-refractivity contribution in [2.45, 2.75) is 39.8 Å². The normalized spacial score (nSPS) is 12.7. The van der Waals surface area contributed by atoms with Crippen LogP contribution in [-0.2, 0) is 6.54 Å². The Morgan fingerprint density at radius 3 is 2.53 bits per heavy atom. The summed E-state index contributed by atoms with van der Waals surface area (Å²) < 4.78 is 15.6. The van der Waals surface area contributed by atoms with Crippen molar-refractivity contribution in [2.24, 2.45) is 5.73 Å². The molecule has 0 aliphatic carbocycles. The molecule has 0 saturated carbocycles. The minimum atomic E-state index is -0.125. The Bertz CT molecular complexity index is 552. The molecule has 0 radical (unpaired) electrons. The minimum Gasteiger partial charge on any atom is -0.329 e. The maximum absolute atomic E-state index is 13.6. The lowest BCUT2D eigenvalue weighted by atomic mass is 10.1. The highest BCUT2D eigenvalue weighted by atomic mass is 19.1. The summed E-state index contributed by atoms with van der Waals surface area (Å²) in [5.41, 5.74) is 9.50. The molecule has 0 spiro atoms. The molecule has 19 heavy (non-hydrogen) atoms. The maximum Gasteiger partial charge on any atom is 0.129 e. The summed E-state index contributed by atoms with van der Waals surface area (Å²) in [5.74, 6) is -0.125. The summed E-state index contributed by atoms with van der Waals surface area (Å²) in [6.07, 6.45) is 4.45. The van der Waals surface area contributed by atoms with E-state index in [1.165, 1.54) is 0 Å². The third-order valence-corrected chi connectivity index (χ3v) is 3.41. The number of hydrogen-bond donors (Lipinski definition) is 1. The van der Waals surface area contributed by atoms with Crippen LogP contribution in [-0.4, -0.2) is 9.55 Å². The van der Waals surface area contributed by atoms with Gasteiger partial charge in [-0.2, -0.15) is 0 Å². The van der Waals surface area contributed by atoms with Crippen LogP contribution in [0.25, 0.3) is 0 Å². The van der Waals surface area contributed by atoms with Gasteiger partial charge in [-0.3, -0.25) is 0 Å². The smallest absolute Gasteiger partial charge is 0.129 e. The summed E-state index contributed by atoms with van der Waals surface area (Å²) in [7, 11) is 0. The molecule has 1 heterocycles. The van der Waals surface area contributed by atoms with Gasteiger partial charge >= 0.3 is 0 Å². The molecule has 3 nitrogen and oxygen atoms in total. The van der Waals surface area contributed by atoms with Gasteiger partial charge in [0.25, 0.3) is 0 Å². The number of rotatable bonds is 4. The predicted molar refractivity (Wildman–Crippen MR) is 74.4 cm³/mol. The summed E-state index contributed by atoms with van der Waals surface area (Å²) in [4.78, 5) is 4.16. The fourth-order valence-electron chi connectivity index (χ4n) is 2.30. The number of halogens is 1. The standard InChI is InChI=1S/C15H20FN3/c1-4-13(17)14-7-18-9-19(14)8-12-5-10(2)15(16)11(3)6-12/h5-7,9,13H,4,8,17H2,1-3H3/t13-/m1/s1. The number of imidazole rings is 1. The first-order valence-electron chi connectivity index (χ1n) is 6.54. The third-order valence-electron chi connectivity index (χ3n) is 3.41. The van der Waals surface area contributed by atoms with E-state index < -0.39 is 0 Å². The molecule has 0 unspecified atom stereocenters. The van der Waals surface area contributed by atoms with Crippen LogP contribution in [0.4, 0.5) is 4.39 Å². The Morgan fingerprint density at radius 2 is 1.95 bits per heavy atom. The molecule has 2 N–H and O–H groups in total. The molecule has 1 aromatic heterocycles. The lowest BCUT2D eigenvalue weighted by Crippen LogP contribution is -2.15. The maximum atomic E-state index is 13.6. The molecular formula is C15H20FN3. The van der Waals surface area contributed by atoms with Crippen molar-refractivity contribution in [1.82, 2.24) is 9.55 Å². The van der Waals surface area contributed by atoms with Crippen LogP contribution < -0.4 is 5.73 Å². The van der Waals surface area contributed by atoms with E-state index in [-0.39, 0.29) is 11.9 Å². The molecule has 2 rings (SSSR count). The number of hydrogen-bond acceptors (Lipinski definition) is 2. The molecule has 0 fully saturated rings. The summed E-state index contributed by atoms with van der Waals surface area (Å²) in [6, 6.07) is 3.75. The highest BCUT2D eigenvalue weighted by Gasteiger charge is 2.11. The second-order valence-corrected chi connectivity index (χ2v) is 5.00. The van der Waals surface area contributed by atoms with Crippen LogP contribution in [0.15, 0.2) is 24.7 Å². The molecule has 0 aliphatic heterocycles. The first-order chi connectivity index (χ1) is 9.02. The molecule has 4 heteroatoms. The van der Waals surface area contributed by atoms with Gasteiger partial charge in [-0.15, -0.1) is 0 Å². The first kappa shape index (κ1) is 13.7. The zero-order valence-corrected chi connectivity index (χ0v) is 11.7. The van der Waals surface area contributed by atoms with Crippen LogP contribution in [0.2, 0.25) is 0 Å². The van der Waals surface area contributed by atoms with Crippen molar-refractivity contribution in [3.63, 3.8) is 0 Å². The Balaban J connectivity index is 2.29. The van der Waals surface area contributed by atoms with E-state index in [9.17, 15) is 4.39 Å². The van der Waals surface area contributed by atoms with Crippen molar-refractivity contribution in [1.29, 1.82) is 0 Å². The van der Waals surface area contributed by atoms with Gasteiger partial charge in [0, 0.05) is 18.8 Å². The second-order valence-electron chi connectivity index (χ2n) is 5.00. The van der Waals surface area contributed by atoms with Gasteiger partial charge < -0.3 is 10.3 Å². The number of aryl methyl sites for hydroxylation is 2. The van der Waals surface area contributed by atoms with Crippen LogP contribution in [0.1, 0.15) is 41.8 Å². The molecule has 0 saturated heterocycles. The highest BCUT2D eigenvalue weighted by Crippen LogP contribution is 2.18. The molecule has 0 aliphatic rings. The molecule has 102 valence electrons. The molecule has 0 bridgehead atoms. The third kappa shape index (κ3) is 2.84. The van der Waals surface area contributed by atoms with Crippen molar-refractivity contribution in [2.75, 3.05) is 0 Å². The van der Waals surface area contributed by atoms with Crippen molar-refractivity contribution < 1.29 is 4.39 Å². The fraction of sp³-hybridized carbons (Fsp3) is 0.400. The van der Waals surface area contributed by atoms with E-state index >= 15 is 0 Å². The summed E-state index contributed by atoms with van der Waals surface area (Å²) in [5, 5.41) is 0. The van der Waals surface area contributed by atoms with Crippen LogP contribution >= 0.6 is 0 Å². The Labute approximate surface area is 113 Å². The summed E-state index contributed by atoms with van der Waals surface area (Å²) >= 11 is 0. The Morgan fingerprint density at radius 1 is 1.32 bits per heavy atom. The monoisotopic (exact) mass is 261 g/mol. The van der Waals surface area contributed by atoms with E-state index in [1.54, 1.807) is 26.4 Å².